The third kappa shape index (κ3) is 3.36. The molecule has 0 unspecified atom stereocenters. The first-order chi connectivity index (χ1) is 6.11. The smallest absolute Gasteiger partial charge is 0.310 e. The Hall–Kier alpha value is -0.540. The van der Waals surface area contributed by atoms with Crippen molar-refractivity contribution in [1.29, 1.82) is 0 Å². The average Bonchev–Trinajstić information content (AvgIpc) is 2.02. The summed E-state index contributed by atoms with van der Waals surface area (Å²) in [5.41, 5.74) is 0. The second kappa shape index (κ2) is 4.63. The van der Waals surface area contributed by atoms with E-state index in [1.54, 1.807) is 25.1 Å². The predicted molar refractivity (Wildman–Crippen MR) is 55.1 cm³/mol. The van der Waals surface area contributed by atoms with Crippen molar-refractivity contribution in [3.63, 3.8) is 0 Å². The first kappa shape index (κ1) is 10.5. The molecule has 0 aromatic heterocycles. The van der Waals surface area contributed by atoms with Crippen molar-refractivity contribution < 1.29 is 9.53 Å². The van der Waals surface area contributed by atoms with E-state index in [4.69, 9.17) is 16.3 Å². The van der Waals surface area contributed by atoms with E-state index < -0.39 is 0 Å². The number of halogens is 2. The van der Waals surface area contributed by atoms with E-state index in [-0.39, 0.29) is 5.97 Å². The van der Waals surface area contributed by atoms with Crippen LogP contribution in [0.5, 0.6) is 5.75 Å². The zero-order valence-corrected chi connectivity index (χ0v) is 9.35. The lowest BCUT2D eigenvalue weighted by molar-refractivity contribution is -0.134. The molecule has 4 heteroatoms. The third-order valence-corrected chi connectivity index (χ3v) is 2.03. The summed E-state index contributed by atoms with van der Waals surface area (Å²) in [6.07, 6.45) is 0.351. The van der Waals surface area contributed by atoms with Crippen LogP contribution >= 0.6 is 27.5 Å². The molecule has 70 valence electrons. The van der Waals surface area contributed by atoms with Gasteiger partial charge in [0, 0.05) is 15.9 Å². The second-order valence-electron chi connectivity index (χ2n) is 2.43. The quantitative estimate of drug-likeness (QED) is 0.604. The maximum absolute atomic E-state index is 10.9. The van der Waals surface area contributed by atoms with Crippen LogP contribution in [0, 0.1) is 0 Å². The van der Waals surface area contributed by atoms with E-state index in [2.05, 4.69) is 15.9 Å². The van der Waals surface area contributed by atoms with Crippen LogP contribution in [-0.2, 0) is 4.79 Å². The third-order valence-electron chi connectivity index (χ3n) is 1.36. The Morgan fingerprint density at radius 3 is 2.77 bits per heavy atom. The topological polar surface area (TPSA) is 26.3 Å². The summed E-state index contributed by atoms with van der Waals surface area (Å²) in [6, 6.07) is 5.02. The molecule has 13 heavy (non-hydrogen) atoms. The lowest BCUT2D eigenvalue weighted by Gasteiger charge is -2.03. The van der Waals surface area contributed by atoms with Gasteiger partial charge in [-0.2, -0.15) is 0 Å². The summed E-state index contributed by atoms with van der Waals surface area (Å²) in [7, 11) is 0. The van der Waals surface area contributed by atoms with Gasteiger partial charge in [0.15, 0.2) is 0 Å². The highest BCUT2D eigenvalue weighted by Gasteiger charge is 2.03. The van der Waals surface area contributed by atoms with Gasteiger partial charge in [0.2, 0.25) is 0 Å². The van der Waals surface area contributed by atoms with Gasteiger partial charge in [0.05, 0.1) is 0 Å². The van der Waals surface area contributed by atoms with Crippen molar-refractivity contribution in [3.05, 3.63) is 27.7 Å². The number of carbonyl (C=O) groups is 1. The Bertz CT molecular complexity index is 305. The van der Waals surface area contributed by atoms with Gasteiger partial charge in [-0.3, -0.25) is 4.79 Å². The van der Waals surface area contributed by atoms with Gasteiger partial charge >= 0.3 is 5.97 Å². The predicted octanol–water partition coefficient (Wildman–Crippen LogP) is 3.42. The molecular formula is C9H8BrClO2. The summed E-state index contributed by atoms with van der Waals surface area (Å²) in [6.45, 7) is 1.74. The van der Waals surface area contributed by atoms with Crippen LogP contribution in [-0.4, -0.2) is 5.97 Å². The highest BCUT2D eigenvalue weighted by atomic mass is 79.9. The Labute approximate surface area is 90.0 Å². The van der Waals surface area contributed by atoms with Crippen LogP contribution in [0.1, 0.15) is 13.3 Å². The zero-order valence-electron chi connectivity index (χ0n) is 7.01. The molecule has 0 radical (unpaired) electrons. The summed E-state index contributed by atoms with van der Waals surface area (Å²) in [5, 5.41) is 0.535. The zero-order chi connectivity index (χ0) is 9.84. The molecule has 0 spiro atoms. The highest BCUT2D eigenvalue weighted by molar-refractivity contribution is 9.10. The number of rotatable bonds is 2. The van der Waals surface area contributed by atoms with Gasteiger partial charge in [-0.1, -0.05) is 34.5 Å². The fourth-order valence-corrected chi connectivity index (χ4v) is 1.62. The normalized spacial score (nSPS) is 9.77. The average molecular weight is 264 g/mol. The Kier molecular flexibility index (Phi) is 3.75. The van der Waals surface area contributed by atoms with E-state index in [0.717, 1.165) is 4.47 Å². The summed E-state index contributed by atoms with van der Waals surface area (Å²) >= 11 is 9.00. The van der Waals surface area contributed by atoms with E-state index in [9.17, 15) is 4.79 Å². The van der Waals surface area contributed by atoms with Crippen molar-refractivity contribution in [2.45, 2.75) is 13.3 Å². The summed E-state index contributed by atoms with van der Waals surface area (Å²) in [5.74, 6) is 0.195. The van der Waals surface area contributed by atoms with Crippen LogP contribution in [0.25, 0.3) is 0 Å². The number of benzene rings is 1. The van der Waals surface area contributed by atoms with Crippen LogP contribution in [0.2, 0.25) is 5.02 Å². The molecule has 0 saturated heterocycles. The van der Waals surface area contributed by atoms with Crippen LogP contribution in [0.4, 0.5) is 0 Å². The Balaban J connectivity index is 2.83. The highest BCUT2D eigenvalue weighted by Crippen LogP contribution is 2.24. The molecule has 1 rings (SSSR count). The molecule has 0 heterocycles. The molecule has 0 fully saturated rings. The lowest BCUT2D eigenvalue weighted by Crippen LogP contribution is -2.05. The van der Waals surface area contributed by atoms with Crippen molar-refractivity contribution in [1.82, 2.24) is 0 Å². The van der Waals surface area contributed by atoms with Crippen LogP contribution < -0.4 is 4.74 Å². The van der Waals surface area contributed by atoms with Crippen LogP contribution in [0.15, 0.2) is 22.7 Å². The summed E-state index contributed by atoms with van der Waals surface area (Å²) < 4.78 is 5.76. The fourth-order valence-electron chi connectivity index (χ4n) is 0.791. The molecule has 0 saturated carbocycles. The SMILES string of the molecule is CCC(=O)Oc1cc(Cl)cc(Br)c1. The number of ether oxygens (including phenoxy) is 1. The van der Waals surface area contributed by atoms with Crippen molar-refractivity contribution in [2.75, 3.05) is 0 Å². The molecule has 0 atom stereocenters. The number of esters is 1. The van der Waals surface area contributed by atoms with Gasteiger partial charge in [0.1, 0.15) is 5.75 Å². The van der Waals surface area contributed by atoms with E-state index in [1.807, 2.05) is 0 Å². The summed E-state index contributed by atoms with van der Waals surface area (Å²) in [4.78, 5) is 10.9. The van der Waals surface area contributed by atoms with Gasteiger partial charge in [-0.05, 0) is 18.2 Å². The first-order valence-electron chi connectivity index (χ1n) is 3.78. The van der Waals surface area contributed by atoms with Crippen LogP contribution in [0.3, 0.4) is 0 Å². The van der Waals surface area contributed by atoms with E-state index in [1.165, 1.54) is 0 Å². The molecule has 1 aromatic rings. The Morgan fingerprint density at radius 2 is 2.23 bits per heavy atom. The molecule has 0 amide bonds. The monoisotopic (exact) mass is 262 g/mol. The minimum Gasteiger partial charge on any atom is -0.426 e. The first-order valence-corrected chi connectivity index (χ1v) is 4.95. The molecule has 0 aliphatic carbocycles. The Morgan fingerprint density at radius 1 is 1.54 bits per heavy atom. The molecule has 0 aliphatic heterocycles. The molecule has 0 N–H and O–H groups in total. The number of hydrogen-bond acceptors (Lipinski definition) is 2. The van der Waals surface area contributed by atoms with Gasteiger partial charge in [-0.25, -0.2) is 0 Å². The van der Waals surface area contributed by atoms with Gasteiger partial charge < -0.3 is 4.74 Å². The standard InChI is InChI=1S/C9H8BrClO2/c1-2-9(12)13-8-4-6(10)3-7(11)5-8/h3-5H,2H2,1H3. The lowest BCUT2D eigenvalue weighted by atomic mass is 10.3. The number of carbonyl (C=O) groups excluding carboxylic acids is 1. The molecule has 0 aliphatic rings. The fraction of sp³-hybridized carbons (Fsp3) is 0.222. The number of hydrogen-bond donors (Lipinski definition) is 0. The van der Waals surface area contributed by atoms with E-state index in [0.29, 0.717) is 17.2 Å². The van der Waals surface area contributed by atoms with E-state index >= 15 is 0 Å². The largest absolute Gasteiger partial charge is 0.426 e. The second-order valence-corrected chi connectivity index (χ2v) is 3.78. The van der Waals surface area contributed by atoms with Crippen molar-refractivity contribution in [3.8, 4) is 5.75 Å². The maximum atomic E-state index is 10.9. The van der Waals surface area contributed by atoms with Crippen molar-refractivity contribution >= 4 is 33.5 Å². The molecule has 2 nitrogen and oxygen atoms in total. The molecule has 1 aromatic carbocycles. The molecular weight excluding hydrogens is 255 g/mol. The minimum absolute atomic E-state index is 0.269. The minimum atomic E-state index is -0.269. The van der Waals surface area contributed by atoms with Gasteiger partial charge in [-0.15, -0.1) is 0 Å². The van der Waals surface area contributed by atoms with Gasteiger partial charge in [0.25, 0.3) is 0 Å². The maximum Gasteiger partial charge on any atom is 0.310 e. The van der Waals surface area contributed by atoms with Crippen molar-refractivity contribution in [2.24, 2.45) is 0 Å². The molecule has 0 bridgehead atoms.